The van der Waals surface area contributed by atoms with E-state index in [0.717, 1.165) is 6.07 Å². The van der Waals surface area contributed by atoms with Crippen molar-refractivity contribution in [1.29, 1.82) is 0 Å². The summed E-state index contributed by atoms with van der Waals surface area (Å²) in [6, 6.07) is 15.6. The summed E-state index contributed by atoms with van der Waals surface area (Å²) in [5, 5.41) is 11.1. The Kier molecular flexibility index (Phi) is 3.38. The summed E-state index contributed by atoms with van der Waals surface area (Å²) in [4.78, 5) is -0.119. The lowest BCUT2D eigenvalue weighted by Crippen LogP contribution is -2.09. The van der Waals surface area contributed by atoms with Crippen molar-refractivity contribution < 1.29 is 17.7 Å². The SMILES string of the molecule is Nc1ccc2cc(S(=O)(=O)Oc3ccccc3)cc(O)c2c1. The van der Waals surface area contributed by atoms with Gasteiger partial charge >= 0.3 is 10.1 Å². The number of anilines is 1. The lowest BCUT2D eigenvalue weighted by atomic mass is 10.1. The van der Waals surface area contributed by atoms with Crippen LogP contribution in [0.5, 0.6) is 11.5 Å². The molecule has 0 aliphatic heterocycles. The number of fused-ring (bicyclic) bond motifs is 1. The van der Waals surface area contributed by atoms with Crippen molar-refractivity contribution in [2.45, 2.75) is 4.90 Å². The molecule has 6 heteroatoms. The van der Waals surface area contributed by atoms with Crippen LogP contribution in [-0.2, 0) is 10.1 Å². The van der Waals surface area contributed by atoms with Crippen LogP contribution in [0.2, 0.25) is 0 Å². The van der Waals surface area contributed by atoms with E-state index in [2.05, 4.69) is 0 Å². The maximum Gasteiger partial charge on any atom is 0.339 e. The summed E-state index contributed by atoms with van der Waals surface area (Å²) in [6.45, 7) is 0. The number of hydrogen-bond donors (Lipinski definition) is 2. The predicted molar refractivity (Wildman–Crippen MR) is 84.3 cm³/mol. The minimum absolute atomic E-state index is 0.119. The van der Waals surface area contributed by atoms with E-state index in [1.54, 1.807) is 48.5 Å². The minimum atomic E-state index is -4.03. The first-order chi connectivity index (χ1) is 10.5. The van der Waals surface area contributed by atoms with Crippen molar-refractivity contribution >= 4 is 26.6 Å². The van der Waals surface area contributed by atoms with E-state index in [4.69, 9.17) is 9.92 Å². The van der Waals surface area contributed by atoms with E-state index in [0.29, 0.717) is 16.5 Å². The zero-order chi connectivity index (χ0) is 15.7. The summed E-state index contributed by atoms with van der Waals surface area (Å²) in [5.74, 6) is 0.0411. The highest BCUT2D eigenvalue weighted by atomic mass is 32.2. The number of phenols is 1. The van der Waals surface area contributed by atoms with Gasteiger partial charge in [-0.3, -0.25) is 0 Å². The second-order valence-electron chi connectivity index (χ2n) is 4.77. The minimum Gasteiger partial charge on any atom is -0.507 e. The van der Waals surface area contributed by atoms with E-state index < -0.39 is 10.1 Å². The van der Waals surface area contributed by atoms with Crippen molar-refractivity contribution in [2.24, 2.45) is 0 Å². The molecule has 112 valence electrons. The lowest BCUT2D eigenvalue weighted by Gasteiger charge is -2.09. The van der Waals surface area contributed by atoms with Gasteiger partial charge in [0.05, 0.1) is 0 Å². The van der Waals surface area contributed by atoms with Crippen molar-refractivity contribution in [3.8, 4) is 11.5 Å². The zero-order valence-electron chi connectivity index (χ0n) is 11.4. The molecule has 0 radical (unpaired) electrons. The van der Waals surface area contributed by atoms with Gasteiger partial charge in [0.25, 0.3) is 0 Å². The molecular formula is C16H13NO4S. The van der Waals surface area contributed by atoms with E-state index >= 15 is 0 Å². The van der Waals surface area contributed by atoms with Gasteiger partial charge in [-0.05, 0) is 35.7 Å². The fourth-order valence-electron chi connectivity index (χ4n) is 2.12. The van der Waals surface area contributed by atoms with Crippen molar-refractivity contribution in [2.75, 3.05) is 5.73 Å². The number of benzene rings is 3. The Morgan fingerprint density at radius 3 is 2.41 bits per heavy atom. The molecule has 0 saturated carbocycles. The smallest absolute Gasteiger partial charge is 0.339 e. The molecule has 3 aromatic rings. The van der Waals surface area contributed by atoms with Gasteiger partial charge in [0.1, 0.15) is 16.4 Å². The average molecular weight is 315 g/mol. The zero-order valence-corrected chi connectivity index (χ0v) is 12.2. The molecule has 0 fully saturated rings. The maximum absolute atomic E-state index is 12.3. The van der Waals surface area contributed by atoms with Crippen LogP contribution in [-0.4, -0.2) is 13.5 Å². The van der Waals surface area contributed by atoms with Crippen LogP contribution in [0.1, 0.15) is 0 Å². The molecule has 0 saturated heterocycles. The monoisotopic (exact) mass is 315 g/mol. The number of phenolic OH excluding ortho intramolecular Hbond substituents is 1. The summed E-state index contributed by atoms with van der Waals surface area (Å²) in [7, 11) is -4.03. The summed E-state index contributed by atoms with van der Waals surface area (Å²) >= 11 is 0. The van der Waals surface area contributed by atoms with E-state index in [1.807, 2.05) is 0 Å². The molecule has 0 heterocycles. The number of aromatic hydroxyl groups is 1. The first-order valence-corrected chi connectivity index (χ1v) is 7.88. The van der Waals surface area contributed by atoms with Crippen molar-refractivity contribution in [3.63, 3.8) is 0 Å². The number of nitrogen functional groups attached to an aromatic ring is 1. The van der Waals surface area contributed by atoms with Gasteiger partial charge in [0, 0.05) is 17.1 Å². The van der Waals surface area contributed by atoms with Gasteiger partial charge in [0.2, 0.25) is 0 Å². The normalized spacial score (nSPS) is 11.5. The van der Waals surface area contributed by atoms with Gasteiger partial charge in [0.15, 0.2) is 0 Å². The molecule has 0 aliphatic rings. The third-order valence-corrected chi connectivity index (χ3v) is 4.39. The summed E-state index contributed by atoms with van der Waals surface area (Å²) < 4.78 is 29.7. The van der Waals surface area contributed by atoms with Gasteiger partial charge in [-0.25, -0.2) is 0 Å². The topological polar surface area (TPSA) is 89.6 Å². The van der Waals surface area contributed by atoms with Crippen molar-refractivity contribution in [1.82, 2.24) is 0 Å². The molecule has 0 aromatic heterocycles. The summed E-state index contributed by atoms with van der Waals surface area (Å²) in [6.07, 6.45) is 0. The van der Waals surface area contributed by atoms with Gasteiger partial charge in [-0.15, -0.1) is 0 Å². The lowest BCUT2D eigenvalue weighted by molar-refractivity contribution is 0.472. The average Bonchev–Trinajstić information content (AvgIpc) is 2.48. The standard InChI is InChI=1S/C16H13NO4S/c17-12-7-6-11-8-14(10-16(18)15(11)9-12)22(19,20)21-13-4-2-1-3-5-13/h1-10,18H,17H2. The highest BCUT2D eigenvalue weighted by molar-refractivity contribution is 7.87. The van der Waals surface area contributed by atoms with Gasteiger partial charge < -0.3 is 15.0 Å². The molecule has 0 unspecified atom stereocenters. The molecule has 0 atom stereocenters. The van der Waals surface area contributed by atoms with Gasteiger partial charge in [-0.2, -0.15) is 8.42 Å². The number of rotatable bonds is 3. The number of para-hydroxylation sites is 1. The second-order valence-corrected chi connectivity index (χ2v) is 6.32. The van der Waals surface area contributed by atoms with Crippen LogP contribution < -0.4 is 9.92 Å². The fraction of sp³-hybridized carbons (Fsp3) is 0. The Labute approximate surface area is 127 Å². The molecule has 0 aliphatic carbocycles. The van der Waals surface area contributed by atoms with E-state index in [-0.39, 0.29) is 16.4 Å². The molecule has 0 spiro atoms. The maximum atomic E-state index is 12.3. The first kappa shape index (κ1) is 14.2. The van der Waals surface area contributed by atoms with Crippen LogP contribution >= 0.6 is 0 Å². The third kappa shape index (κ3) is 2.68. The molecule has 3 aromatic carbocycles. The third-order valence-electron chi connectivity index (χ3n) is 3.17. The molecule has 3 rings (SSSR count). The quantitative estimate of drug-likeness (QED) is 0.573. The van der Waals surface area contributed by atoms with E-state index in [9.17, 15) is 13.5 Å². The largest absolute Gasteiger partial charge is 0.507 e. The molecule has 0 amide bonds. The molecule has 22 heavy (non-hydrogen) atoms. The second kappa shape index (κ2) is 5.23. The molecular weight excluding hydrogens is 302 g/mol. The number of nitrogens with two attached hydrogens (primary N) is 1. The molecule has 0 bridgehead atoms. The van der Waals surface area contributed by atoms with Crippen LogP contribution in [0.25, 0.3) is 10.8 Å². The predicted octanol–water partition coefficient (Wildman–Crippen LogP) is 2.90. The van der Waals surface area contributed by atoms with E-state index in [1.165, 1.54) is 6.07 Å². The Bertz CT molecular complexity index is 937. The Hall–Kier alpha value is -2.73. The van der Waals surface area contributed by atoms with Crippen LogP contribution in [0.3, 0.4) is 0 Å². The van der Waals surface area contributed by atoms with Gasteiger partial charge in [-0.1, -0.05) is 24.3 Å². The Morgan fingerprint density at radius 1 is 0.955 bits per heavy atom. The fourth-order valence-corrected chi connectivity index (χ4v) is 3.11. The first-order valence-electron chi connectivity index (χ1n) is 6.47. The Balaban J connectivity index is 2.07. The highest BCUT2D eigenvalue weighted by Gasteiger charge is 2.19. The molecule has 3 N–H and O–H groups in total. The molecule has 5 nitrogen and oxygen atoms in total. The van der Waals surface area contributed by atoms with Crippen molar-refractivity contribution in [3.05, 3.63) is 60.7 Å². The van der Waals surface area contributed by atoms with Crippen LogP contribution in [0, 0.1) is 0 Å². The van der Waals surface area contributed by atoms with Crippen LogP contribution in [0.15, 0.2) is 65.6 Å². The highest BCUT2D eigenvalue weighted by Crippen LogP contribution is 2.31. The Morgan fingerprint density at radius 2 is 1.68 bits per heavy atom. The summed E-state index contributed by atoms with van der Waals surface area (Å²) in [5.41, 5.74) is 6.15. The number of hydrogen-bond acceptors (Lipinski definition) is 5. The van der Waals surface area contributed by atoms with Crippen LogP contribution in [0.4, 0.5) is 5.69 Å².